The van der Waals surface area contributed by atoms with Crippen molar-refractivity contribution in [2.75, 3.05) is 17.2 Å². The van der Waals surface area contributed by atoms with Crippen molar-refractivity contribution in [2.45, 2.75) is 6.42 Å². The summed E-state index contributed by atoms with van der Waals surface area (Å²) in [5.41, 5.74) is 8.99. The van der Waals surface area contributed by atoms with Gasteiger partial charge in [-0.2, -0.15) is 0 Å². The van der Waals surface area contributed by atoms with E-state index in [2.05, 4.69) is 4.98 Å². The van der Waals surface area contributed by atoms with Crippen molar-refractivity contribution in [3.05, 3.63) is 42.0 Å². The SMILES string of the molecule is Cn1cnc(C(=O)N2CCc3ccc(N)cc32)c1. The molecule has 0 atom stereocenters. The molecule has 0 spiro atoms. The fraction of sp³-hybridized carbons (Fsp3) is 0.231. The number of amides is 1. The summed E-state index contributed by atoms with van der Waals surface area (Å²) in [5, 5.41) is 0. The first-order chi connectivity index (χ1) is 8.65. The van der Waals surface area contributed by atoms with Gasteiger partial charge in [-0.05, 0) is 24.1 Å². The fourth-order valence-corrected chi connectivity index (χ4v) is 2.27. The van der Waals surface area contributed by atoms with Gasteiger partial charge in [-0.3, -0.25) is 4.79 Å². The third-order valence-corrected chi connectivity index (χ3v) is 3.17. The minimum atomic E-state index is -0.0695. The van der Waals surface area contributed by atoms with Gasteiger partial charge in [0.25, 0.3) is 5.91 Å². The van der Waals surface area contributed by atoms with E-state index in [0.717, 1.165) is 17.7 Å². The third-order valence-electron chi connectivity index (χ3n) is 3.17. The van der Waals surface area contributed by atoms with Crippen LogP contribution in [0.25, 0.3) is 0 Å². The van der Waals surface area contributed by atoms with Crippen LogP contribution in [-0.2, 0) is 13.5 Å². The molecule has 2 N–H and O–H groups in total. The number of carbonyl (C=O) groups excluding carboxylic acids is 1. The Bertz CT molecular complexity index is 617. The van der Waals surface area contributed by atoms with Crippen LogP contribution in [0.1, 0.15) is 16.1 Å². The van der Waals surface area contributed by atoms with Crippen LogP contribution in [0.4, 0.5) is 11.4 Å². The molecule has 0 radical (unpaired) electrons. The number of aromatic nitrogens is 2. The van der Waals surface area contributed by atoms with Crippen LogP contribution >= 0.6 is 0 Å². The average Bonchev–Trinajstić information content (AvgIpc) is 2.94. The molecule has 1 aromatic carbocycles. The zero-order valence-corrected chi connectivity index (χ0v) is 10.1. The molecule has 0 saturated heterocycles. The molecule has 0 fully saturated rings. The van der Waals surface area contributed by atoms with E-state index >= 15 is 0 Å². The normalized spacial score (nSPS) is 13.7. The Labute approximate surface area is 105 Å². The lowest BCUT2D eigenvalue weighted by Crippen LogP contribution is -2.29. The van der Waals surface area contributed by atoms with E-state index in [-0.39, 0.29) is 5.91 Å². The number of benzene rings is 1. The second-order valence-corrected chi connectivity index (χ2v) is 4.52. The first-order valence-corrected chi connectivity index (χ1v) is 5.83. The smallest absolute Gasteiger partial charge is 0.278 e. The molecule has 0 saturated carbocycles. The van der Waals surface area contributed by atoms with Crippen molar-refractivity contribution >= 4 is 17.3 Å². The number of rotatable bonds is 1. The first kappa shape index (κ1) is 10.8. The lowest BCUT2D eigenvalue weighted by atomic mass is 10.1. The van der Waals surface area contributed by atoms with Crippen molar-refractivity contribution in [3.63, 3.8) is 0 Å². The minimum Gasteiger partial charge on any atom is -0.399 e. The number of imidazole rings is 1. The molecule has 5 nitrogen and oxygen atoms in total. The number of carbonyl (C=O) groups is 1. The average molecular weight is 242 g/mol. The zero-order chi connectivity index (χ0) is 12.7. The van der Waals surface area contributed by atoms with Crippen LogP contribution in [-0.4, -0.2) is 22.0 Å². The number of nitrogens with zero attached hydrogens (tertiary/aromatic N) is 3. The first-order valence-electron chi connectivity index (χ1n) is 5.83. The second-order valence-electron chi connectivity index (χ2n) is 4.52. The van der Waals surface area contributed by atoms with Gasteiger partial charge in [0, 0.05) is 31.2 Å². The highest BCUT2D eigenvalue weighted by Gasteiger charge is 2.26. The van der Waals surface area contributed by atoms with E-state index in [4.69, 9.17) is 5.73 Å². The lowest BCUT2D eigenvalue weighted by Gasteiger charge is -2.16. The van der Waals surface area contributed by atoms with Crippen molar-refractivity contribution in [1.82, 2.24) is 9.55 Å². The van der Waals surface area contributed by atoms with Crippen molar-refractivity contribution in [3.8, 4) is 0 Å². The fourth-order valence-electron chi connectivity index (χ4n) is 2.27. The van der Waals surface area contributed by atoms with E-state index in [1.165, 1.54) is 0 Å². The van der Waals surface area contributed by atoms with Gasteiger partial charge in [0.15, 0.2) is 0 Å². The molecule has 1 amide bonds. The molecule has 1 aromatic heterocycles. The Balaban J connectivity index is 1.96. The van der Waals surface area contributed by atoms with E-state index in [1.54, 1.807) is 22.0 Å². The molecule has 1 aliphatic rings. The largest absolute Gasteiger partial charge is 0.399 e. The number of anilines is 2. The Morgan fingerprint density at radius 2 is 2.28 bits per heavy atom. The summed E-state index contributed by atoms with van der Waals surface area (Å²) >= 11 is 0. The van der Waals surface area contributed by atoms with Gasteiger partial charge in [0.2, 0.25) is 0 Å². The van der Waals surface area contributed by atoms with Gasteiger partial charge in [-0.25, -0.2) is 4.98 Å². The van der Waals surface area contributed by atoms with Crippen molar-refractivity contribution < 1.29 is 4.79 Å². The van der Waals surface area contributed by atoms with E-state index in [0.29, 0.717) is 17.9 Å². The van der Waals surface area contributed by atoms with Crippen molar-refractivity contribution in [2.24, 2.45) is 7.05 Å². The highest BCUT2D eigenvalue weighted by Crippen LogP contribution is 2.30. The molecule has 1 aliphatic heterocycles. The highest BCUT2D eigenvalue weighted by atomic mass is 16.2. The maximum Gasteiger partial charge on any atom is 0.278 e. The predicted octanol–water partition coefficient (Wildman–Crippen LogP) is 1.21. The molecular weight excluding hydrogens is 228 g/mol. The van der Waals surface area contributed by atoms with Gasteiger partial charge < -0.3 is 15.2 Å². The number of hydrogen-bond donors (Lipinski definition) is 1. The van der Waals surface area contributed by atoms with Crippen LogP contribution in [0.15, 0.2) is 30.7 Å². The monoisotopic (exact) mass is 242 g/mol. The minimum absolute atomic E-state index is 0.0695. The van der Waals surface area contributed by atoms with Crippen molar-refractivity contribution in [1.29, 1.82) is 0 Å². The summed E-state index contributed by atoms with van der Waals surface area (Å²) in [4.78, 5) is 18.2. The van der Waals surface area contributed by atoms with E-state index in [9.17, 15) is 4.79 Å². The molecule has 0 bridgehead atoms. The second kappa shape index (κ2) is 3.87. The molecule has 0 aliphatic carbocycles. The Hall–Kier alpha value is -2.30. The Morgan fingerprint density at radius 1 is 1.44 bits per heavy atom. The number of aryl methyl sites for hydroxylation is 1. The summed E-state index contributed by atoms with van der Waals surface area (Å²) in [5.74, 6) is -0.0695. The van der Waals surface area contributed by atoms with Crippen LogP contribution in [0.5, 0.6) is 0 Å². The van der Waals surface area contributed by atoms with E-state index in [1.807, 2.05) is 25.2 Å². The summed E-state index contributed by atoms with van der Waals surface area (Å²) in [7, 11) is 1.85. The highest BCUT2D eigenvalue weighted by molar-refractivity contribution is 6.06. The molecule has 92 valence electrons. The maximum absolute atomic E-state index is 12.3. The standard InChI is InChI=1S/C13H14N4O/c1-16-7-11(15-8-16)13(18)17-5-4-9-2-3-10(14)6-12(9)17/h2-3,6-8H,4-5,14H2,1H3. The number of hydrogen-bond acceptors (Lipinski definition) is 3. The molecular formula is C13H14N4O. The third kappa shape index (κ3) is 1.64. The van der Waals surface area contributed by atoms with Crippen LogP contribution in [0, 0.1) is 0 Å². The van der Waals surface area contributed by atoms with Crippen LogP contribution < -0.4 is 10.6 Å². The zero-order valence-electron chi connectivity index (χ0n) is 10.1. The Morgan fingerprint density at radius 3 is 3.00 bits per heavy atom. The predicted molar refractivity (Wildman–Crippen MR) is 69.4 cm³/mol. The summed E-state index contributed by atoms with van der Waals surface area (Å²) in [6.07, 6.45) is 4.23. The molecule has 2 heterocycles. The van der Waals surface area contributed by atoms with Gasteiger partial charge in [-0.15, -0.1) is 0 Å². The Kier molecular flexibility index (Phi) is 2.33. The van der Waals surface area contributed by atoms with Gasteiger partial charge >= 0.3 is 0 Å². The number of fused-ring (bicyclic) bond motifs is 1. The summed E-state index contributed by atoms with van der Waals surface area (Å²) in [6.45, 7) is 0.689. The van der Waals surface area contributed by atoms with Gasteiger partial charge in [-0.1, -0.05) is 6.07 Å². The quantitative estimate of drug-likeness (QED) is 0.764. The molecule has 5 heteroatoms. The summed E-state index contributed by atoms with van der Waals surface area (Å²) < 4.78 is 1.77. The van der Waals surface area contributed by atoms with Crippen LogP contribution in [0.2, 0.25) is 0 Å². The van der Waals surface area contributed by atoms with Gasteiger partial charge in [0.05, 0.1) is 6.33 Å². The van der Waals surface area contributed by atoms with E-state index < -0.39 is 0 Å². The molecule has 3 rings (SSSR count). The molecule has 2 aromatic rings. The lowest BCUT2D eigenvalue weighted by molar-refractivity contribution is 0.0985. The number of nitrogens with two attached hydrogens (primary N) is 1. The number of nitrogen functional groups attached to an aromatic ring is 1. The molecule has 0 unspecified atom stereocenters. The maximum atomic E-state index is 12.3. The van der Waals surface area contributed by atoms with Gasteiger partial charge in [0.1, 0.15) is 5.69 Å². The van der Waals surface area contributed by atoms with Crippen LogP contribution in [0.3, 0.4) is 0 Å². The summed E-state index contributed by atoms with van der Waals surface area (Å²) in [6, 6.07) is 5.70. The molecule has 18 heavy (non-hydrogen) atoms. The topological polar surface area (TPSA) is 64.2 Å².